The van der Waals surface area contributed by atoms with Gasteiger partial charge in [-0.2, -0.15) is 4.31 Å². The Kier molecular flexibility index (Phi) is 7.48. The number of rotatable bonds is 10. The van der Waals surface area contributed by atoms with Crippen molar-refractivity contribution in [2.45, 2.75) is 44.0 Å². The van der Waals surface area contributed by atoms with Crippen molar-refractivity contribution in [3.05, 3.63) is 78.2 Å². The van der Waals surface area contributed by atoms with Gasteiger partial charge in [-0.05, 0) is 36.6 Å². The van der Waals surface area contributed by atoms with Gasteiger partial charge >= 0.3 is 0 Å². The first-order valence-electron chi connectivity index (χ1n) is 10.2. The van der Waals surface area contributed by atoms with Gasteiger partial charge in [0.15, 0.2) is 5.03 Å². The fourth-order valence-corrected chi connectivity index (χ4v) is 4.57. The number of ether oxygens (including phenoxy) is 1. The maximum atomic E-state index is 13.5. The first-order chi connectivity index (χ1) is 14.8. The number of benzene rings is 2. The molecule has 0 amide bonds. The van der Waals surface area contributed by atoms with E-state index >= 15 is 0 Å². The predicted molar refractivity (Wildman–Crippen MR) is 119 cm³/mol. The average molecular weight is 444 g/mol. The Balaban J connectivity index is 1.92. The van der Waals surface area contributed by atoms with E-state index in [2.05, 4.69) is 4.98 Å². The highest BCUT2D eigenvalue weighted by Gasteiger charge is 2.30. The molecule has 0 saturated heterocycles. The second-order valence-corrected chi connectivity index (χ2v) is 9.38. The van der Waals surface area contributed by atoms with Crippen LogP contribution in [0.2, 0.25) is 0 Å². The van der Waals surface area contributed by atoms with E-state index in [0.29, 0.717) is 11.3 Å². The lowest BCUT2D eigenvalue weighted by Crippen LogP contribution is -2.34. The van der Waals surface area contributed by atoms with Gasteiger partial charge in [-0.1, -0.05) is 49.4 Å². The van der Waals surface area contributed by atoms with E-state index in [1.165, 1.54) is 4.31 Å². The second kappa shape index (κ2) is 10.1. The lowest BCUT2D eigenvalue weighted by atomic mass is 10.1. The van der Waals surface area contributed by atoms with Crippen molar-refractivity contribution in [1.82, 2.24) is 13.9 Å². The van der Waals surface area contributed by atoms with Gasteiger partial charge in [0.25, 0.3) is 10.0 Å². The van der Waals surface area contributed by atoms with Crippen LogP contribution in [0.15, 0.2) is 72.1 Å². The number of hydrogen-bond acceptors (Lipinski definition) is 5. The van der Waals surface area contributed by atoms with Crippen LogP contribution in [-0.4, -0.2) is 41.0 Å². The van der Waals surface area contributed by atoms with Crippen LogP contribution in [-0.2, 0) is 16.6 Å². The normalized spacial score (nSPS) is 13.8. The summed E-state index contributed by atoms with van der Waals surface area (Å²) in [4.78, 5) is 4.16. The zero-order valence-electron chi connectivity index (χ0n) is 18.0. The average Bonchev–Trinajstić information content (AvgIpc) is 3.30. The molecule has 1 heterocycles. The molecule has 0 unspecified atom stereocenters. The molecule has 0 bridgehead atoms. The van der Waals surface area contributed by atoms with E-state index in [1.807, 2.05) is 44.2 Å². The zero-order valence-corrected chi connectivity index (χ0v) is 18.9. The lowest BCUT2D eigenvalue weighted by molar-refractivity contribution is 0.145. The molecule has 7 nitrogen and oxygen atoms in total. The van der Waals surface area contributed by atoms with Gasteiger partial charge in [0.05, 0.1) is 19.5 Å². The summed E-state index contributed by atoms with van der Waals surface area (Å²) in [5, 5.41) is 10.8. The summed E-state index contributed by atoms with van der Waals surface area (Å²) in [6.07, 6.45) is 2.93. The first-order valence-corrected chi connectivity index (χ1v) is 11.7. The molecule has 0 aliphatic carbocycles. The summed E-state index contributed by atoms with van der Waals surface area (Å²) in [7, 11) is -2.38. The molecule has 0 aliphatic heterocycles. The molecular formula is C23H29N3O4S. The van der Waals surface area contributed by atoms with E-state index < -0.39 is 16.1 Å². The standard InChI is InChI=1S/C23H29N3O4S/c1-4-18(2)25-16-23(24-17-25)31(28,29)26(14-19-9-6-5-7-10-19)15-22(27)20-11-8-12-21(13-20)30-3/h5-13,16-18,22,27H,4,14-15H2,1-3H3/t18-,22-/m0/s1. The van der Waals surface area contributed by atoms with Crippen LogP contribution in [0.1, 0.15) is 43.5 Å². The van der Waals surface area contributed by atoms with E-state index in [9.17, 15) is 13.5 Å². The molecule has 0 radical (unpaired) electrons. The van der Waals surface area contributed by atoms with Gasteiger partial charge in [-0.3, -0.25) is 0 Å². The number of nitrogens with zero attached hydrogens (tertiary/aromatic N) is 3. The topological polar surface area (TPSA) is 84.7 Å². The molecule has 31 heavy (non-hydrogen) atoms. The van der Waals surface area contributed by atoms with Crippen molar-refractivity contribution in [3.8, 4) is 5.75 Å². The van der Waals surface area contributed by atoms with Gasteiger partial charge in [0.2, 0.25) is 0 Å². The highest BCUT2D eigenvalue weighted by Crippen LogP contribution is 2.25. The monoisotopic (exact) mass is 443 g/mol. The zero-order chi connectivity index (χ0) is 22.4. The van der Waals surface area contributed by atoms with Crippen molar-refractivity contribution >= 4 is 10.0 Å². The summed E-state index contributed by atoms with van der Waals surface area (Å²) in [5.41, 5.74) is 1.41. The van der Waals surface area contributed by atoms with Crippen molar-refractivity contribution in [2.75, 3.05) is 13.7 Å². The number of hydrogen-bond donors (Lipinski definition) is 1. The van der Waals surface area contributed by atoms with Crippen LogP contribution >= 0.6 is 0 Å². The van der Waals surface area contributed by atoms with Crippen LogP contribution in [0.25, 0.3) is 0 Å². The molecule has 3 aromatic rings. The van der Waals surface area contributed by atoms with Crippen LogP contribution in [0.4, 0.5) is 0 Å². The minimum absolute atomic E-state index is 0.0263. The van der Waals surface area contributed by atoms with Gasteiger partial charge in [0.1, 0.15) is 5.75 Å². The van der Waals surface area contributed by atoms with E-state index in [1.54, 1.807) is 48.5 Å². The highest BCUT2D eigenvalue weighted by atomic mass is 32.2. The summed E-state index contributed by atoms with van der Waals surface area (Å²) in [6, 6.07) is 16.4. The summed E-state index contributed by atoms with van der Waals surface area (Å²) < 4.78 is 35.2. The highest BCUT2D eigenvalue weighted by molar-refractivity contribution is 7.89. The summed E-state index contributed by atoms with van der Waals surface area (Å²) >= 11 is 0. The summed E-state index contributed by atoms with van der Waals surface area (Å²) in [5.74, 6) is 0.598. The minimum atomic E-state index is -3.93. The molecule has 2 aromatic carbocycles. The molecule has 1 N–H and O–H groups in total. The molecule has 0 fully saturated rings. The molecule has 3 rings (SSSR count). The Labute approximate surface area is 184 Å². The molecular weight excluding hydrogens is 414 g/mol. The van der Waals surface area contributed by atoms with E-state index in [-0.39, 0.29) is 24.2 Å². The van der Waals surface area contributed by atoms with E-state index in [0.717, 1.165) is 12.0 Å². The Morgan fingerprint density at radius 3 is 2.58 bits per heavy atom. The predicted octanol–water partition coefficient (Wildman–Crippen LogP) is 3.79. The molecule has 166 valence electrons. The van der Waals surface area contributed by atoms with Crippen molar-refractivity contribution in [2.24, 2.45) is 0 Å². The Morgan fingerprint density at radius 2 is 1.90 bits per heavy atom. The fourth-order valence-electron chi connectivity index (χ4n) is 3.22. The minimum Gasteiger partial charge on any atom is -0.497 e. The molecule has 0 saturated carbocycles. The molecule has 0 spiro atoms. The fraction of sp³-hybridized carbons (Fsp3) is 0.348. The first kappa shape index (κ1) is 23.0. The molecule has 1 aromatic heterocycles. The third kappa shape index (κ3) is 5.52. The quantitative estimate of drug-likeness (QED) is 0.515. The third-order valence-corrected chi connectivity index (χ3v) is 7.04. The molecule has 0 aliphatic rings. The van der Waals surface area contributed by atoms with E-state index in [4.69, 9.17) is 4.74 Å². The number of imidazole rings is 1. The second-order valence-electron chi connectivity index (χ2n) is 7.49. The number of aromatic nitrogens is 2. The molecule has 8 heteroatoms. The van der Waals surface area contributed by atoms with Crippen LogP contribution in [0.3, 0.4) is 0 Å². The Hall–Kier alpha value is -2.68. The SMILES string of the molecule is CC[C@H](C)n1cnc(S(=O)(=O)N(Cc2ccccc2)C[C@H](O)c2cccc(OC)c2)c1. The van der Waals surface area contributed by atoms with Gasteiger partial charge in [0, 0.05) is 25.3 Å². The third-order valence-electron chi connectivity index (χ3n) is 5.34. The number of methoxy groups -OCH3 is 1. The summed E-state index contributed by atoms with van der Waals surface area (Å²) in [6.45, 7) is 4.05. The van der Waals surface area contributed by atoms with Crippen LogP contribution < -0.4 is 4.74 Å². The van der Waals surface area contributed by atoms with Crippen molar-refractivity contribution in [1.29, 1.82) is 0 Å². The smallest absolute Gasteiger partial charge is 0.262 e. The largest absolute Gasteiger partial charge is 0.497 e. The number of aliphatic hydroxyl groups excluding tert-OH is 1. The van der Waals surface area contributed by atoms with Crippen molar-refractivity contribution in [3.63, 3.8) is 0 Å². The number of aliphatic hydroxyl groups is 1. The number of sulfonamides is 1. The lowest BCUT2D eigenvalue weighted by Gasteiger charge is -2.24. The Bertz CT molecular complexity index is 1080. The van der Waals surface area contributed by atoms with Crippen LogP contribution in [0.5, 0.6) is 5.75 Å². The van der Waals surface area contributed by atoms with Gasteiger partial charge < -0.3 is 14.4 Å². The Morgan fingerprint density at radius 1 is 1.16 bits per heavy atom. The molecule has 2 atom stereocenters. The maximum Gasteiger partial charge on any atom is 0.262 e. The van der Waals surface area contributed by atoms with Crippen molar-refractivity contribution < 1.29 is 18.3 Å². The van der Waals surface area contributed by atoms with Crippen LogP contribution in [0, 0.1) is 0 Å². The maximum absolute atomic E-state index is 13.5. The van der Waals surface area contributed by atoms with Gasteiger partial charge in [-0.15, -0.1) is 0 Å². The van der Waals surface area contributed by atoms with Gasteiger partial charge in [-0.25, -0.2) is 13.4 Å².